The third-order valence-electron chi connectivity index (χ3n) is 5.28. The number of carbonyl (C=O) groups is 2. The highest BCUT2D eigenvalue weighted by atomic mass is 16.3. The second kappa shape index (κ2) is 7.43. The fourth-order valence-corrected chi connectivity index (χ4v) is 3.62. The molecule has 1 atom stereocenters. The molecular formula is C24H22N2O3. The molecule has 1 fully saturated rings. The van der Waals surface area contributed by atoms with Crippen LogP contribution in [0.3, 0.4) is 0 Å². The average molecular weight is 386 g/mol. The Bertz CT molecular complexity index is 1090. The van der Waals surface area contributed by atoms with Crippen LogP contribution in [0.2, 0.25) is 0 Å². The van der Waals surface area contributed by atoms with Gasteiger partial charge in [-0.05, 0) is 61.4 Å². The van der Waals surface area contributed by atoms with Crippen LogP contribution in [-0.2, 0) is 9.59 Å². The molecule has 1 aromatic heterocycles. The molecule has 1 saturated heterocycles. The highest BCUT2D eigenvalue weighted by molar-refractivity contribution is 6.18. The summed E-state index contributed by atoms with van der Waals surface area (Å²) in [7, 11) is 0. The van der Waals surface area contributed by atoms with E-state index in [-0.39, 0.29) is 18.2 Å². The van der Waals surface area contributed by atoms with Crippen LogP contribution in [0.4, 0.5) is 11.4 Å². The number of anilines is 2. The quantitative estimate of drug-likeness (QED) is 0.645. The van der Waals surface area contributed by atoms with Gasteiger partial charge in [0.25, 0.3) is 5.91 Å². The minimum absolute atomic E-state index is 0.0935. The van der Waals surface area contributed by atoms with E-state index in [4.69, 9.17) is 4.42 Å². The molecule has 0 bridgehead atoms. The Morgan fingerprint density at radius 1 is 1.03 bits per heavy atom. The van der Waals surface area contributed by atoms with Gasteiger partial charge in [-0.15, -0.1) is 0 Å². The van der Waals surface area contributed by atoms with Gasteiger partial charge in [-0.25, -0.2) is 0 Å². The molecule has 1 N–H and O–H groups in total. The first-order valence-corrected chi connectivity index (χ1v) is 9.50. The second-order valence-electron chi connectivity index (χ2n) is 7.23. The van der Waals surface area contributed by atoms with E-state index in [9.17, 15) is 9.59 Å². The van der Waals surface area contributed by atoms with Gasteiger partial charge in [0.1, 0.15) is 5.76 Å². The van der Waals surface area contributed by atoms with E-state index in [0.717, 1.165) is 22.5 Å². The third-order valence-corrected chi connectivity index (χ3v) is 5.28. The Kier molecular flexibility index (Phi) is 4.80. The molecule has 29 heavy (non-hydrogen) atoms. The van der Waals surface area contributed by atoms with E-state index in [1.54, 1.807) is 29.4 Å². The first kappa shape index (κ1) is 18.7. The molecule has 2 aromatic carbocycles. The number of nitrogens with one attached hydrogen (secondary N) is 1. The van der Waals surface area contributed by atoms with Crippen molar-refractivity contribution in [2.24, 2.45) is 0 Å². The number of β-lactam (4-membered cyclic amide) rings is 1. The van der Waals surface area contributed by atoms with E-state index in [1.165, 1.54) is 0 Å². The zero-order valence-corrected chi connectivity index (χ0v) is 16.4. The Morgan fingerprint density at radius 3 is 2.41 bits per heavy atom. The van der Waals surface area contributed by atoms with Crippen molar-refractivity contribution in [3.8, 4) is 0 Å². The van der Waals surface area contributed by atoms with Gasteiger partial charge in [0.15, 0.2) is 5.54 Å². The minimum atomic E-state index is -1.13. The number of furan rings is 1. The maximum absolute atomic E-state index is 13.5. The number of benzene rings is 2. The Morgan fingerprint density at radius 2 is 1.76 bits per heavy atom. The zero-order chi connectivity index (χ0) is 20.4. The summed E-state index contributed by atoms with van der Waals surface area (Å²) in [4.78, 5) is 27.7. The molecule has 5 heteroatoms. The van der Waals surface area contributed by atoms with Crippen LogP contribution in [-0.4, -0.2) is 17.4 Å². The summed E-state index contributed by atoms with van der Waals surface area (Å²) in [5.41, 5.74) is 2.22. The fourth-order valence-electron chi connectivity index (χ4n) is 3.62. The summed E-state index contributed by atoms with van der Waals surface area (Å²) < 4.78 is 5.38. The van der Waals surface area contributed by atoms with Crippen molar-refractivity contribution in [3.63, 3.8) is 0 Å². The average Bonchev–Trinajstić information content (AvgIpc) is 3.22. The normalized spacial score (nSPS) is 18.7. The van der Waals surface area contributed by atoms with Crippen molar-refractivity contribution in [2.75, 3.05) is 10.2 Å². The van der Waals surface area contributed by atoms with Crippen LogP contribution in [0.15, 0.2) is 77.4 Å². The lowest BCUT2D eigenvalue weighted by Crippen LogP contribution is -2.69. The number of para-hydroxylation sites is 2. The van der Waals surface area contributed by atoms with E-state index in [0.29, 0.717) is 5.76 Å². The van der Waals surface area contributed by atoms with Gasteiger partial charge in [0.2, 0.25) is 5.91 Å². The van der Waals surface area contributed by atoms with Gasteiger partial charge in [-0.1, -0.05) is 36.4 Å². The Hall–Kier alpha value is -3.60. The molecule has 1 aliphatic rings. The number of nitrogens with zero attached hydrogens (tertiary/aromatic N) is 1. The molecule has 0 saturated carbocycles. The minimum Gasteiger partial charge on any atom is -0.465 e. The first-order chi connectivity index (χ1) is 14.0. The largest absolute Gasteiger partial charge is 0.465 e. The SMILES string of the molecule is Cc1ccccc1NC(=O)C1(C=Cc2ccco2)CC(=O)N1c1ccccc1C. The lowest BCUT2D eigenvalue weighted by atomic mass is 9.80. The van der Waals surface area contributed by atoms with Crippen molar-refractivity contribution in [2.45, 2.75) is 25.8 Å². The topological polar surface area (TPSA) is 62.6 Å². The van der Waals surface area contributed by atoms with E-state index in [1.807, 2.05) is 68.4 Å². The van der Waals surface area contributed by atoms with Crippen LogP contribution < -0.4 is 10.2 Å². The number of amides is 2. The van der Waals surface area contributed by atoms with Crippen molar-refractivity contribution in [1.29, 1.82) is 0 Å². The standard InChI is InChI=1S/C24H22N2O3/c1-17-8-3-5-11-20(17)25-23(28)24(14-13-19-10-7-15-29-19)16-22(27)26(24)21-12-6-4-9-18(21)2/h3-15H,16H2,1-2H3,(H,25,28). The highest BCUT2D eigenvalue weighted by Gasteiger charge is 2.56. The summed E-state index contributed by atoms with van der Waals surface area (Å²) >= 11 is 0. The molecule has 2 heterocycles. The molecule has 1 unspecified atom stereocenters. The molecule has 146 valence electrons. The number of carbonyl (C=O) groups excluding carboxylic acids is 2. The summed E-state index contributed by atoms with van der Waals surface area (Å²) in [6.45, 7) is 3.87. The summed E-state index contributed by atoms with van der Waals surface area (Å²) in [6, 6.07) is 18.8. The van der Waals surface area contributed by atoms with Gasteiger partial charge in [0.05, 0.1) is 12.7 Å². The van der Waals surface area contributed by atoms with E-state index >= 15 is 0 Å². The molecule has 0 spiro atoms. The molecule has 0 aliphatic carbocycles. The molecule has 5 nitrogen and oxygen atoms in total. The van der Waals surface area contributed by atoms with Gasteiger partial charge in [-0.3, -0.25) is 14.5 Å². The predicted molar refractivity (Wildman–Crippen MR) is 114 cm³/mol. The number of hydrogen-bond donors (Lipinski definition) is 1. The Labute approximate surface area is 169 Å². The summed E-state index contributed by atoms with van der Waals surface area (Å²) in [5.74, 6) is 0.276. The lowest BCUT2D eigenvalue weighted by molar-refractivity contribution is -0.134. The van der Waals surface area contributed by atoms with E-state index in [2.05, 4.69) is 5.32 Å². The van der Waals surface area contributed by atoms with E-state index < -0.39 is 5.54 Å². The summed E-state index contributed by atoms with van der Waals surface area (Å²) in [5, 5.41) is 3.01. The maximum Gasteiger partial charge on any atom is 0.255 e. The van der Waals surface area contributed by atoms with Crippen molar-refractivity contribution >= 4 is 29.3 Å². The van der Waals surface area contributed by atoms with Crippen molar-refractivity contribution in [3.05, 3.63) is 89.9 Å². The number of aryl methyl sites for hydroxylation is 2. The van der Waals surface area contributed by atoms with Crippen molar-refractivity contribution < 1.29 is 14.0 Å². The van der Waals surface area contributed by atoms with Crippen LogP contribution >= 0.6 is 0 Å². The Balaban J connectivity index is 1.75. The highest BCUT2D eigenvalue weighted by Crippen LogP contribution is 2.41. The molecule has 1 aliphatic heterocycles. The van der Waals surface area contributed by atoms with Gasteiger partial charge < -0.3 is 9.73 Å². The molecule has 0 radical (unpaired) electrons. The van der Waals surface area contributed by atoms with Gasteiger partial charge >= 0.3 is 0 Å². The smallest absolute Gasteiger partial charge is 0.255 e. The zero-order valence-electron chi connectivity index (χ0n) is 16.4. The van der Waals surface area contributed by atoms with Gasteiger partial charge in [-0.2, -0.15) is 0 Å². The maximum atomic E-state index is 13.5. The van der Waals surface area contributed by atoms with Crippen LogP contribution in [0.25, 0.3) is 6.08 Å². The number of rotatable bonds is 5. The second-order valence-corrected chi connectivity index (χ2v) is 7.23. The molecular weight excluding hydrogens is 364 g/mol. The monoisotopic (exact) mass is 386 g/mol. The van der Waals surface area contributed by atoms with Gasteiger partial charge in [0, 0.05) is 11.4 Å². The predicted octanol–water partition coefficient (Wildman–Crippen LogP) is 4.72. The van der Waals surface area contributed by atoms with Crippen LogP contribution in [0.1, 0.15) is 23.3 Å². The molecule has 2 amide bonds. The molecule has 4 rings (SSSR count). The molecule has 3 aromatic rings. The summed E-state index contributed by atoms with van der Waals surface area (Å²) in [6.07, 6.45) is 5.17. The third kappa shape index (κ3) is 3.36. The van der Waals surface area contributed by atoms with Crippen molar-refractivity contribution in [1.82, 2.24) is 0 Å². The lowest BCUT2D eigenvalue weighted by Gasteiger charge is -2.49. The fraction of sp³-hybridized carbons (Fsp3) is 0.167. The van der Waals surface area contributed by atoms with Crippen LogP contribution in [0, 0.1) is 13.8 Å². The number of hydrogen-bond acceptors (Lipinski definition) is 3. The first-order valence-electron chi connectivity index (χ1n) is 9.50. The van der Waals surface area contributed by atoms with Crippen LogP contribution in [0.5, 0.6) is 0 Å².